The number of sulfonamides is 1. The van der Waals surface area contributed by atoms with Gasteiger partial charge in [-0.05, 0) is 73.2 Å². The molecule has 0 aliphatic rings. The molecule has 0 radical (unpaired) electrons. The highest BCUT2D eigenvalue weighted by Gasteiger charge is 2.31. The van der Waals surface area contributed by atoms with Crippen LogP contribution in [0.5, 0.6) is 0 Å². The first kappa shape index (κ1) is 31.1. The van der Waals surface area contributed by atoms with Gasteiger partial charge in [-0.15, -0.1) is 0 Å². The highest BCUT2D eigenvalue weighted by Crippen LogP contribution is 2.25. The molecule has 0 spiro atoms. The van der Waals surface area contributed by atoms with Crippen LogP contribution in [0.15, 0.2) is 76.2 Å². The van der Waals surface area contributed by atoms with Crippen molar-refractivity contribution in [2.75, 3.05) is 13.1 Å². The summed E-state index contributed by atoms with van der Waals surface area (Å²) < 4.78 is 31.8. The fourth-order valence-corrected chi connectivity index (χ4v) is 6.26. The van der Waals surface area contributed by atoms with E-state index in [1.54, 1.807) is 17.0 Å². The SMILES string of the molecule is CCCCN(Cc1cccn1Cc1ccc(Br)cc1)C(=O)CN(C(C)C)S(=O)(=O)c1ccc(C(C)(C)C)cc1. The second-order valence-electron chi connectivity index (χ2n) is 11.3. The topological polar surface area (TPSA) is 62.6 Å². The molecule has 3 rings (SSSR count). The minimum absolute atomic E-state index is 0.0786. The van der Waals surface area contributed by atoms with Crippen LogP contribution in [0.1, 0.15) is 71.2 Å². The van der Waals surface area contributed by atoms with Gasteiger partial charge in [-0.1, -0.05) is 74.3 Å². The third-order valence-corrected chi connectivity index (χ3v) is 9.44. The van der Waals surface area contributed by atoms with E-state index in [-0.39, 0.29) is 28.8 Å². The molecule has 1 heterocycles. The van der Waals surface area contributed by atoms with E-state index >= 15 is 0 Å². The van der Waals surface area contributed by atoms with Crippen molar-refractivity contribution in [2.24, 2.45) is 0 Å². The van der Waals surface area contributed by atoms with Crippen LogP contribution in [0.25, 0.3) is 0 Å². The molecule has 0 bridgehead atoms. The summed E-state index contributed by atoms with van der Waals surface area (Å²) in [5.74, 6) is -0.191. The average Bonchev–Trinajstić information content (AvgIpc) is 3.31. The minimum atomic E-state index is -3.85. The third-order valence-electron chi connectivity index (χ3n) is 6.87. The third kappa shape index (κ3) is 8.29. The molecule has 3 aromatic rings. The molecular weight excluding hydrogens is 574 g/mol. The van der Waals surface area contributed by atoms with E-state index in [9.17, 15) is 13.2 Å². The molecule has 0 unspecified atom stereocenters. The molecule has 0 fully saturated rings. The van der Waals surface area contributed by atoms with Crippen LogP contribution in [-0.2, 0) is 33.3 Å². The fourth-order valence-electron chi connectivity index (χ4n) is 4.41. The van der Waals surface area contributed by atoms with Crippen molar-refractivity contribution in [3.8, 4) is 0 Å². The maximum absolute atomic E-state index is 13.7. The molecule has 0 saturated carbocycles. The zero-order valence-electron chi connectivity index (χ0n) is 24.0. The molecule has 39 heavy (non-hydrogen) atoms. The minimum Gasteiger partial charge on any atom is -0.345 e. The number of aromatic nitrogens is 1. The van der Waals surface area contributed by atoms with Gasteiger partial charge in [-0.3, -0.25) is 4.79 Å². The van der Waals surface area contributed by atoms with Crippen LogP contribution in [0, 0.1) is 0 Å². The molecule has 0 saturated heterocycles. The van der Waals surface area contributed by atoms with Crippen molar-refractivity contribution < 1.29 is 13.2 Å². The molecule has 0 aliphatic heterocycles. The number of hydrogen-bond donors (Lipinski definition) is 0. The van der Waals surface area contributed by atoms with Crippen molar-refractivity contribution in [2.45, 2.75) is 83.8 Å². The van der Waals surface area contributed by atoms with Crippen LogP contribution >= 0.6 is 15.9 Å². The first-order valence-electron chi connectivity index (χ1n) is 13.6. The van der Waals surface area contributed by atoms with Crippen molar-refractivity contribution in [1.29, 1.82) is 0 Å². The predicted octanol–water partition coefficient (Wildman–Crippen LogP) is 6.82. The van der Waals surface area contributed by atoms with E-state index in [4.69, 9.17) is 0 Å². The predicted molar refractivity (Wildman–Crippen MR) is 162 cm³/mol. The molecule has 0 aliphatic carbocycles. The van der Waals surface area contributed by atoms with Gasteiger partial charge in [0.1, 0.15) is 0 Å². The van der Waals surface area contributed by atoms with Crippen molar-refractivity contribution in [1.82, 2.24) is 13.8 Å². The summed E-state index contributed by atoms with van der Waals surface area (Å²) in [5.41, 5.74) is 3.16. The normalized spacial score (nSPS) is 12.3. The summed E-state index contributed by atoms with van der Waals surface area (Å²) in [4.78, 5) is 15.7. The lowest BCUT2D eigenvalue weighted by Gasteiger charge is -2.30. The molecular formula is C31H42BrN3O3S. The number of rotatable bonds is 12. The monoisotopic (exact) mass is 615 g/mol. The van der Waals surface area contributed by atoms with E-state index in [1.165, 1.54) is 4.31 Å². The van der Waals surface area contributed by atoms with Gasteiger partial charge in [0.05, 0.1) is 18.0 Å². The Morgan fingerprint density at radius 2 is 1.64 bits per heavy atom. The number of amides is 1. The highest BCUT2D eigenvalue weighted by atomic mass is 79.9. The van der Waals surface area contributed by atoms with Gasteiger partial charge in [0.2, 0.25) is 15.9 Å². The zero-order chi connectivity index (χ0) is 28.8. The van der Waals surface area contributed by atoms with Crippen LogP contribution in [0.2, 0.25) is 0 Å². The molecule has 2 aromatic carbocycles. The number of benzene rings is 2. The summed E-state index contributed by atoms with van der Waals surface area (Å²) in [7, 11) is -3.85. The summed E-state index contributed by atoms with van der Waals surface area (Å²) in [6, 6.07) is 18.9. The van der Waals surface area contributed by atoms with Crippen LogP contribution < -0.4 is 0 Å². The number of halogens is 1. The quantitative estimate of drug-likeness (QED) is 0.224. The number of nitrogens with zero attached hydrogens (tertiary/aromatic N) is 3. The first-order chi connectivity index (χ1) is 18.3. The second-order valence-corrected chi connectivity index (χ2v) is 14.1. The Hall–Kier alpha value is -2.42. The van der Waals surface area contributed by atoms with E-state index < -0.39 is 10.0 Å². The average molecular weight is 617 g/mol. The van der Waals surface area contributed by atoms with E-state index in [2.05, 4.69) is 60.3 Å². The summed E-state index contributed by atoms with van der Waals surface area (Å²) >= 11 is 3.48. The van der Waals surface area contributed by atoms with Gasteiger partial charge in [-0.25, -0.2) is 8.42 Å². The van der Waals surface area contributed by atoms with Crippen molar-refractivity contribution >= 4 is 31.9 Å². The number of carbonyl (C=O) groups is 1. The standard InChI is InChI=1S/C31H42BrN3O3S/c1-7-8-19-34(22-28-10-9-20-33(28)21-25-11-15-27(32)16-12-25)30(36)23-35(24(2)3)39(37,38)29-17-13-26(14-18-29)31(4,5)6/h9-18,20,24H,7-8,19,21-23H2,1-6H3. The number of carbonyl (C=O) groups excluding carboxylic acids is 1. The molecule has 1 aromatic heterocycles. The lowest BCUT2D eigenvalue weighted by Crippen LogP contribution is -2.46. The van der Waals surface area contributed by atoms with Crippen LogP contribution in [0.4, 0.5) is 0 Å². The second kappa shape index (κ2) is 13.3. The van der Waals surface area contributed by atoms with E-state index in [1.807, 2.05) is 56.4 Å². The highest BCUT2D eigenvalue weighted by molar-refractivity contribution is 9.10. The van der Waals surface area contributed by atoms with Gasteiger partial charge >= 0.3 is 0 Å². The van der Waals surface area contributed by atoms with Crippen molar-refractivity contribution in [3.63, 3.8) is 0 Å². The first-order valence-corrected chi connectivity index (χ1v) is 15.8. The molecule has 6 nitrogen and oxygen atoms in total. The Balaban J connectivity index is 1.81. The number of unbranched alkanes of at least 4 members (excludes halogenated alkanes) is 1. The molecule has 212 valence electrons. The fraction of sp³-hybridized carbons (Fsp3) is 0.452. The summed E-state index contributed by atoms with van der Waals surface area (Å²) in [5, 5.41) is 0. The largest absolute Gasteiger partial charge is 0.345 e. The summed E-state index contributed by atoms with van der Waals surface area (Å²) in [6.07, 6.45) is 3.81. The Morgan fingerprint density at radius 3 is 2.21 bits per heavy atom. The Kier molecular flexibility index (Phi) is 10.6. The maximum atomic E-state index is 13.7. The Labute approximate surface area is 243 Å². The van der Waals surface area contributed by atoms with E-state index in [0.29, 0.717) is 19.6 Å². The maximum Gasteiger partial charge on any atom is 0.243 e. The molecule has 8 heteroatoms. The number of hydrogen-bond acceptors (Lipinski definition) is 3. The van der Waals surface area contributed by atoms with Gasteiger partial charge in [0.15, 0.2) is 0 Å². The lowest BCUT2D eigenvalue weighted by atomic mass is 9.87. The van der Waals surface area contributed by atoms with E-state index in [0.717, 1.165) is 34.1 Å². The molecule has 0 atom stereocenters. The van der Waals surface area contributed by atoms with Crippen molar-refractivity contribution in [3.05, 3.63) is 88.2 Å². The lowest BCUT2D eigenvalue weighted by molar-refractivity contribution is -0.132. The zero-order valence-corrected chi connectivity index (χ0v) is 26.4. The Morgan fingerprint density at radius 1 is 1.00 bits per heavy atom. The van der Waals surface area contributed by atoms with Crippen LogP contribution in [-0.4, -0.2) is 47.2 Å². The van der Waals surface area contributed by atoms with Gasteiger partial charge in [0, 0.05) is 35.5 Å². The van der Waals surface area contributed by atoms with Gasteiger partial charge in [0.25, 0.3) is 0 Å². The molecule has 0 N–H and O–H groups in total. The van der Waals surface area contributed by atoms with Crippen LogP contribution in [0.3, 0.4) is 0 Å². The van der Waals surface area contributed by atoms with Gasteiger partial charge < -0.3 is 9.47 Å². The van der Waals surface area contributed by atoms with Gasteiger partial charge in [-0.2, -0.15) is 4.31 Å². The Bertz CT molecular complexity index is 1320. The summed E-state index contributed by atoms with van der Waals surface area (Å²) in [6.45, 7) is 13.5. The smallest absolute Gasteiger partial charge is 0.243 e. The molecule has 1 amide bonds.